The molecule has 1 atom stereocenters. The molecule has 3 rings (SSSR count). The van der Waals surface area contributed by atoms with Crippen LogP contribution < -0.4 is 0 Å². The summed E-state index contributed by atoms with van der Waals surface area (Å²) in [5.74, 6) is -0.215. The Morgan fingerprint density at radius 2 is 1.95 bits per heavy atom. The van der Waals surface area contributed by atoms with Gasteiger partial charge in [-0.2, -0.15) is 0 Å². The van der Waals surface area contributed by atoms with Crippen molar-refractivity contribution >= 4 is 16.6 Å². The van der Waals surface area contributed by atoms with Gasteiger partial charge in [-0.25, -0.2) is 0 Å². The van der Waals surface area contributed by atoms with E-state index in [2.05, 4.69) is 6.58 Å². The maximum absolute atomic E-state index is 12.5. The first-order valence-corrected chi connectivity index (χ1v) is 6.25. The molecule has 0 fully saturated rings. The van der Waals surface area contributed by atoms with Crippen LogP contribution in [-0.4, -0.2) is 10.9 Å². The molecule has 0 aromatic heterocycles. The average molecular weight is 250 g/mol. The maximum atomic E-state index is 12.5. The van der Waals surface area contributed by atoms with E-state index < -0.39 is 5.60 Å². The Balaban J connectivity index is 2.22. The standard InChI is InChI=1S/C17H14O2/c1-2-3-4-11-17(19)14-10-6-8-12-7-5-9-13(15(12)14)16(17)18/h2-10,19H,1,11H2/b4-3+. The zero-order valence-corrected chi connectivity index (χ0v) is 10.5. The van der Waals surface area contributed by atoms with Gasteiger partial charge in [0.25, 0.3) is 0 Å². The molecule has 0 bridgehead atoms. The molecule has 0 heterocycles. The van der Waals surface area contributed by atoms with Crippen molar-refractivity contribution in [2.45, 2.75) is 12.0 Å². The highest BCUT2D eigenvalue weighted by molar-refractivity contribution is 6.19. The fraction of sp³-hybridized carbons (Fsp3) is 0.118. The van der Waals surface area contributed by atoms with E-state index in [-0.39, 0.29) is 12.2 Å². The molecule has 0 amide bonds. The molecular formula is C17H14O2. The molecule has 94 valence electrons. The predicted molar refractivity (Wildman–Crippen MR) is 76.1 cm³/mol. The highest BCUT2D eigenvalue weighted by atomic mass is 16.3. The minimum atomic E-state index is -1.44. The lowest BCUT2D eigenvalue weighted by Crippen LogP contribution is -2.31. The number of allylic oxidation sites excluding steroid dienone is 2. The lowest BCUT2D eigenvalue weighted by Gasteiger charge is -2.20. The zero-order valence-electron chi connectivity index (χ0n) is 10.5. The lowest BCUT2D eigenvalue weighted by atomic mass is 9.90. The van der Waals surface area contributed by atoms with E-state index in [9.17, 15) is 9.90 Å². The Morgan fingerprint density at radius 3 is 2.68 bits per heavy atom. The second-order valence-electron chi connectivity index (χ2n) is 4.77. The molecule has 0 aliphatic heterocycles. The molecule has 2 nitrogen and oxygen atoms in total. The van der Waals surface area contributed by atoms with Gasteiger partial charge in [-0.1, -0.05) is 61.2 Å². The van der Waals surface area contributed by atoms with E-state index in [1.54, 1.807) is 24.3 Å². The van der Waals surface area contributed by atoms with Crippen LogP contribution in [0.3, 0.4) is 0 Å². The molecule has 0 spiro atoms. The van der Waals surface area contributed by atoms with Crippen LogP contribution >= 0.6 is 0 Å². The van der Waals surface area contributed by atoms with E-state index in [1.165, 1.54) is 0 Å². The highest BCUT2D eigenvalue weighted by Gasteiger charge is 2.44. The first-order valence-electron chi connectivity index (χ1n) is 6.25. The summed E-state index contributed by atoms with van der Waals surface area (Å²) in [6.07, 6.45) is 5.42. The Kier molecular flexibility index (Phi) is 2.61. The van der Waals surface area contributed by atoms with Crippen LogP contribution in [0.1, 0.15) is 22.3 Å². The number of hydrogen-bond donors (Lipinski definition) is 1. The Bertz CT molecular complexity index is 707. The number of benzene rings is 2. The molecular weight excluding hydrogens is 236 g/mol. The van der Waals surface area contributed by atoms with Crippen molar-refractivity contribution in [1.29, 1.82) is 0 Å². The normalized spacial score (nSPS) is 21.4. The minimum Gasteiger partial charge on any atom is -0.377 e. The van der Waals surface area contributed by atoms with Gasteiger partial charge in [-0.05, 0) is 10.8 Å². The second-order valence-corrected chi connectivity index (χ2v) is 4.77. The summed E-state index contributed by atoms with van der Waals surface area (Å²) >= 11 is 0. The molecule has 1 unspecified atom stereocenters. The van der Waals surface area contributed by atoms with Gasteiger partial charge in [-0.3, -0.25) is 4.79 Å². The lowest BCUT2D eigenvalue weighted by molar-refractivity contribution is 0.0347. The average Bonchev–Trinajstić information content (AvgIpc) is 2.65. The molecule has 2 aromatic carbocycles. The van der Waals surface area contributed by atoms with Crippen LogP contribution in [0.25, 0.3) is 10.8 Å². The minimum absolute atomic E-state index is 0.215. The summed E-state index contributed by atoms with van der Waals surface area (Å²) in [5, 5.41) is 12.7. The fourth-order valence-electron chi connectivity index (χ4n) is 2.76. The number of rotatable bonds is 3. The van der Waals surface area contributed by atoms with Crippen LogP contribution in [0.2, 0.25) is 0 Å². The van der Waals surface area contributed by atoms with E-state index in [0.717, 1.165) is 10.8 Å². The van der Waals surface area contributed by atoms with Gasteiger partial charge in [0.15, 0.2) is 11.4 Å². The van der Waals surface area contributed by atoms with Crippen molar-refractivity contribution in [3.63, 3.8) is 0 Å². The van der Waals surface area contributed by atoms with Crippen molar-refractivity contribution in [3.05, 3.63) is 72.3 Å². The molecule has 2 aromatic rings. The predicted octanol–water partition coefficient (Wildman–Crippen LogP) is 3.36. The first kappa shape index (κ1) is 11.9. The monoisotopic (exact) mass is 250 g/mol. The molecule has 1 aliphatic carbocycles. The van der Waals surface area contributed by atoms with Gasteiger partial charge in [0.05, 0.1) is 0 Å². The third-order valence-electron chi connectivity index (χ3n) is 3.66. The molecule has 1 N–H and O–H groups in total. The Hall–Kier alpha value is -2.19. The smallest absolute Gasteiger partial charge is 0.199 e. The maximum Gasteiger partial charge on any atom is 0.199 e. The molecule has 2 heteroatoms. The topological polar surface area (TPSA) is 37.3 Å². The van der Waals surface area contributed by atoms with E-state index in [4.69, 9.17) is 0 Å². The summed E-state index contributed by atoms with van der Waals surface area (Å²) < 4.78 is 0. The fourth-order valence-corrected chi connectivity index (χ4v) is 2.76. The van der Waals surface area contributed by atoms with Gasteiger partial charge in [0.1, 0.15) is 0 Å². The van der Waals surface area contributed by atoms with Crippen LogP contribution in [-0.2, 0) is 5.60 Å². The van der Waals surface area contributed by atoms with Crippen LogP contribution in [0.5, 0.6) is 0 Å². The van der Waals surface area contributed by atoms with E-state index in [0.29, 0.717) is 11.1 Å². The van der Waals surface area contributed by atoms with Crippen LogP contribution in [0.15, 0.2) is 61.2 Å². The number of carbonyl (C=O) groups excluding carboxylic acids is 1. The van der Waals surface area contributed by atoms with Crippen LogP contribution in [0, 0.1) is 0 Å². The third kappa shape index (κ3) is 1.57. The number of carbonyl (C=O) groups is 1. The largest absolute Gasteiger partial charge is 0.377 e. The molecule has 0 saturated heterocycles. The Morgan fingerprint density at radius 1 is 1.21 bits per heavy atom. The van der Waals surface area contributed by atoms with Gasteiger partial charge in [0.2, 0.25) is 0 Å². The van der Waals surface area contributed by atoms with Gasteiger partial charge in [0, 0.05) is 17.5 Å². The van der Waals surface area contributed by atoms with Crippen molar-refractivity contribution < 1.29 is 9.90 Å². The molecule has 0 saturated carbocycles. The molecule has 1 aliphatic rings. The number of ketones is 1. The molecule has 19 heavy (non-hydrogen) atoms. The number of hydrogen-bond acceptors (Lipinski definition) is 2. The zero-order chi connectivity index (χ0) is 13.5. The number of aliphatic hydroxyl groups is 1. The summed E-state index contributed by atoms with van der Waals surface area (Å²) in [7, 11) is 0. The summed E-state index contributed by atoms with van der Waals surface area (Å²) in [5.41, 5.74) is -0.121. The first-order chi connectivity index (χ1) is 9.18. The highest BCUT2D eigenvalue weighted by Crippen LogP contribution is 2.42. The SMILES string of the molecule is C=C/C=C/CC1(O)C(=O)c2cccc3cccc1c23. The van der Waals surface area contributed by atoms with Crippen molar-refractivity contribution in [1.82, 2.24) is 0 Å². The van der Waals surface area contributed by atoms with Gasteiger partial charge in [-0.15, -0.1) is 0 Å². The van der Waals surface area contributed by atoms with E-state index in [1.807, 2.05) is 30.3 Å². The van der Waals surface area contributed by atoms with Crippen molar-refractivity contribution in [2.75, 3.05) is 0 Å². The summed E-state index contributed by atoms with van der Waals surface area (Å²) in [6, 6.07) is 11.3. The van der Waals surface area contributed by atoms with Crippen molar-refractivity contribution in [2.24, 2.45) is 0 Å². The quantitative estimate of drug-likeness (QED) is 0.848. The van der Waals surface area contributed by atoms with E-state index >= 15 is 0 Å². The molecule has 0 radical (unpaired) electrons. The Labute approximate surface area is 111 Å². The number of Topliss-reactive ketones (excluding diaryl/α,β-unsaturated/α-hetero) is 1. The second kappa shape index (κ2) is 4.18. The summed E-state index contributed by atoms with van der Waals surface area (Å²) in [6.45, 7) is 3.59. The van der Waals surface area contributed by atoms with Gasteiger partial charge >= 0.3 is 0 Å². The van der Waals surface area contributed by atoms with Gasteiger partial charge < -0.3 is 5.11 Å². The summed E-state index contributed by atoms with van der Waals surface area (Å²) in [4.78, 5) is 12.5. The van der Waals surface area contributed by atoms with Crippen LogP contribution in [0.4, 0.5) is 0 Å². The third-order valence-corrected chi connectivity index (χ3v) is 3.66. The van der Waals surface area contributed by atoms with Crippen molar-refractivity contribution in [3.8, 4) is 0 Å².